The maximum atomic E-state index is 12.6. The zero-order valence-corrected chi connectivity index (χ0v) is 19.4. The molecule has 9 heteroatoms. The molecule has 0 saturated carbocycles. The number of fused-ring (bicyclic) bond motifs is 1. The molecule has 0 fully saturated rings. The Morgan fingerprint density at radius 2 is 1.53 bits per heavy atom. The van der Waals surface area contributed by atoms with E-state index in [0.29, 0.717) is 27.9 Å². The maximum absolute atomic E-state index is 12.6. The summed E-state index contributed by atoms with van der Waals surface area (Å²) in [6.07, 6.45) is -0.0743. The highest BCUT2D eigenvalue weighted by Gasteiger charge is 2.35. The Bertz CT molecular complexity index is 1330. The number of ether oxygens (including phenoxy) is 1. The second kappa shape index (κ2) is 10.6. The summed E-state index contributed by atoms with van der Waals surface area (Å²) >= 11 is 0. The standard InChI is InChI=1S/C27H23N3O6/c1-17(31)36-20-9-6-8-18(15-20)25(33)28-16-19-7-2-5-12-23(19)29-24(32)13-14-30-26(34)21-10-3-4-11-22(21)27(30)35/h2-12,15H,13-14,16H2,1H3,(H,28,33)(H,29,32). The monoisotopic (exact) mass is 485 g/mol. The van der Waals surface area contributed by atoms with Crippen molar-refractivity contribution in [2.24, 2.45) is 0 Å². The molecular weight excluding hydrogens is 462 g/mol. The quantitative estimate of drug-likeness (QED) is 0.287. The first-order valence-electron chi connectivity index (χ1n) is 11.2. The van der Waals surface area contributed by atoms with E-state index >= 15 is 0 Å². The van der Waals surface area contributed by atoms with E-state index in [2.05, 4.69) is 10.6 Å². The fourth-order valence-electron chi connectivity index (χ4n) is 3.81. The van der Waals surface area contributed by atoms with Crippen molar-refractivity contribution in [1.82, 2.24) is 10.2 Å². The molecule has 0 bridgehead atoms. The molecule has 0 aromatic heterocycles. The van der Waals surface area contributed by atoms with Crippen molar-refractivity contribution in [3.05, 3.63) is 95.1 Å². The Morgan fingerprint density at radius 1 is 0.861 bits per heavy atom. The molecule has 36 heavy (non-hydrogen) atoms. The lowest BCUT2D eigenvalue weighted by Crippen LogP contribution is -2.33. The topological polar surface area (TPSA) is 122 Å². The minimum absolute atomic E-state index is 0.0459. The summed E-state index contributed by atoms with van der Waals surface area (Å²) in [7, 11) is 0. The molecule has 0 atom stereocenters. The SMILES string of the molecule is CC(=O)Oc1cccc(C(=O)NCc2ccccc2NC(=O)CCN2C(=O)c3ccccc3C2=O)c1. The number of rotatable bonds is 8. The fourth-order valence-corrected chi connectivity index (χ4v) is 3.81. The molecule has 1 aliphatic heterocycles. The number of hydrogen-bond donors (Lipinski definition) is 2. The number of anilines is 1. The number of amides is 4. The highest BCUT2D eigenvalue weighted by molar-refractivity contribution is 6.21. The van der Waals surface area contributed by atoms with Crippen LogP contribution in [0.25, 0.3) is 0 Å². The van der Waals surface area contributed by atoms with Crippen molar-refractivity contribution in [2.75, 3.05) is 11.9 Å². The van der Waals surface area contributed by atoms with E-state index in [-0.39, 0.29) is 37.1 Å². The van der Waals surface area contributed by atoms with Crippen molar-refractivity contribution in [2.45, 2.75) is 19.9 Å². The maximum Gasteiger partial charge on any atom is 0.308 e. The Balaban J connectivity index is 1.34. The molecule has 0 spiro atoms. The summed E-state index contributed by atoms with van der Waals surface area (Å²) < 4.78 is 5.01. The zero-order valence-electron chi connectivity index (χ0n) is 19.4. The summed E-state index contributed by atoms with van der Waals surface area (Å²) in [4.78, 5) is 62.4. The van der Waals surface area contributed by atoms with Crippen LogP contribution >= 0.6 is 0 Å². The van der Waals surface area contributed by atoms with Gasteiger partial charge in [-0.05, 0) is 42.0 Å². The summed E-state index contributed by atoms with van der Waals surface area (Å²) in [6, 6.07) is 19.8. The average molecular weight is 485 g/mol. The van der Waals surface area contributed by atoms with Gasteiger partial charge in [0.1, 0.15) is 5.75 Å². The van der Waals surface area contributed by atoms with Gasteiger partial charge in [0.2, 0.25) is 5.91 Å². The number of benzene rings is 3. The molecule has 0 saturated heterocycles. The van der Waals surface area contributed by atoms with Crippen molar-refractivity contribution in [3.63, 3.8) is 0 Å². The molecule has 1 heterocycles. The van der Waals surface area contributed by atoms with Crippen LogP contribution in [0.4, 0.5) is 5.69 Å². The molecule has 2 N–H and O–H groups in total. The number of imide groups is 1. The van der Waals surface area contributed by atoms with Crippen LogP contribution in [-0.4, -0.2) is 41.0 Å². The van der Waals surface area contributed by atoms with Crippen molar-refractivity contribution in [1.29, 1.82) is 0 Å². The van der Waals surface area contributed by atoms with Gasteiger partial charge in [0.05, 0.1) is 11.1 Å². The smallest absolute Gasteiger partial charge is 0.308 e. The van der Waals surface area contributed by atoms with Crippen LogP contribution in [0.1, 0.15) is 50.0 Å². The van der Waals surface area contributed by atoms with E-state index in [4.69, 9.17) is 4.74 Å². The van der Waals surface area contributed by atoms with Crippen LogP contribution < -0.4 is 15.4 Å². The van der Waals surface area contributed by atoms with Crippen molar-refractivity contribution in [3.8, 4) is 5.75 Å². The molecule has 0 aliphatic carbocycles. The van der Waals surface area contributed by atoms with Crippen LogP contribution in [0.5, 0.6) is 5.75 Å². The number of hydrogen-bond acceptors (Lipinski definition) is 6. The van der Waals surface area contributed by atoms with Crippen LogP contribution in [0, 0.1) is 0 Å². The van der Waals surface area contributed by atoms with Crippen LogP contribution in [-0.2, 0) is 16.1 Å². The van der Waals surface area contributed by atoms with E-state index in [1.54, 1.807) is 66.7 Å². The Hall–Kier alpha value is -4.79. The fraction of sp³-hybridized carbons (Fsp3) is 0.148. The molecule has 9 nitrogen and oxygen atoms in total. The number of carbonyl (C=O) groups excluding carboxylic acids is 5. The lowest BCUT2D eigenvalue weighted by molar-refractivity contribution is -0.131. The Kier molecular flexibility index (Phi) is 7.20. The summed E-state index contributed by atoms with van der Waals surface area (Å²) in [5, 5.41) is 5.56. The summed E-state index contributed by atoms with van der Waals surface area (Å²) in [5.41, 5.74) is 2.15. The van der Waals surface area contributed by atoms with Gasteiger partial charge in [-0.1, -0.05) is 36.4 Å². The van der Waals surface area contributed by atoms with Gasteiger partial charge in [-0.3, -0.25) is 28.9 Å². The Labute approximate surface area is 207 Å². The first kappa shape index (κ1) is 24.3. The van der Waals surface area contributed by atoms with Gasteiger partial charge in [-0.2, -0.15) is 0 Å². The molecule has 4 rings (SSSR count). The van der Waals surface area contributed by atoms with Crippen LogP contribution in [0.15, 0.2) is 72.8 Å². The van der Waals surface area contributed by atoms with Gasteiger partial charge >= 0.3 is 5.97 Å². The zero-order chi connectivity index (χ0) is 25.7. The molecular formula is C27H23N3O6. The second-order valence-electron chi connectivity index (χ2n) is 8.07. The largest absolute Gasteiger partial charge is 0.427 e. The molecule has 182 valence electrons. The average Bonchev–Trinajstić information content (AvgIpc) is 3.11. The normalized spacial score (nSPS) is 12.2. The van der Waals surface area contributed by atoms with Crippen LogP contribution in [0.2, 0.25) is 0 Å². The molecule has 0 unspecified atom stereocenters. The summed E-state index contributed by atoms with van der Waals surface area (Å²) in [6.45, 7) is 1.36. The van der Waals surface area contributed by atoms with E-state index in [9.17, 15) is 24.0 Å². The highest BCUT2D eigenvalue weighted by atomic mass is 16.5. The third-order valence-corrected chi connectivity index (χ3v) is 5.53. The first-order chi connectivity index (χ1) is 17.3. The minimum atomic E-state index is -0.486. The van der Waals surface area contributed by atoms with E-state index in [1.165, 1.54) is 13.0 Å². The third kappa shape index (κ3) is 5.47. The van der Waals surface area contributed by atoms with Gasteiger partial charge in [-0.15, -0.1) is 0 Å². The van der Waals surface area contributed by atoms with Gasteiger partial charge < -0.3 is 15.4 Å². The first-order valence-corrected chi connectivity index (χ1v) is 11.2. The lowest BCUT2D eigenvalue weighted by Gasteiger charge is -2.15. The molecule has 4 amide bonds. The molecule has 3 aromatic rings. The second-order valence-corrected chi connectivity index (χ2v) is 8.07. The van der Waals surface area contributed by atoms with E-state index in [0.717, 1.165) is 4.90 Å². The van der Waals surface area contributed by atoms with Gasteiger partial charge in [-0.25, -0.2) is 0 Å². The minimum Gasteiger partial charge on any atom is -0.427 e. The highest BCUT2D eigenvalue weighted by Crippen LogP contribution is 2.23. The number of esters is 1. The lowest BCUT2D eigenvalue weighted by atomic mass is 10.1. The van der Waals surface area contributed by atoms with Gasteiger partial charge in [0.15, 0.2) is 0 Å². The summed E-state index contributed by atoms with van der Waals surface area (Å²) in [5.74, 6) is -1.80. The van der Waals surface area contributed by atoms with Crippen LogP contribution in [0.3, 0.4) is 0 Å². The number of para-hydroxylation sites is 1. The predicted molar refractivity (Wildman–Crippen MR) is 130 cm³/mol. The molecule has 3 aromatic carbocycles. The number of nitrogens with zero attached hydrogens (tertiary/aromatic N) is 1. The van der Waals surface area contributed by atoms with E-state index in [1.807, 2.05) is 0 Å². The third-order valence-electron chi connectivity index (χ3n) is 5.53. The number of nitrogens with one attached hydrogen (secondary N) is 2. The van der Waals surface area contributed by atoms with E-state index < -0.39 is 17.8 Å². The Morgan fingerprint density at radius 3 is 2.22 bits per heavy atom. The number of carbonyl (C=O) groups is 5. The molecule has 0 radical (unpaired) electrons. The van der Waals surface area contributed by atoms with Crippen molar-refractivity contribution >= 4 is 35.3 Å². The predicted octanol–water partition coefficient (Wildman–Crippen LogP) is 3.17. The van der Waals surface area contributed by atoms with Gasteiger partial charge in [0, 0.05) is 37.7 Å². The van der Waals surface area contributed by atoms with Crippen molar-refractivity contribution < 1.29 is 28.7 Å². The van der Waals surface area contributed by atoms with Gasteiger partial charge in [0.25, 0.3) is 17.7 Å². The molecule has 1 aliphatic rings.